The van der Waals surface area contributed by atoms with Gasteiger partial charge in [0.15, 0.2) is 5.82 Å². The molecule has 1 aromatic heterocycles. The molecule has 0 fully saturated rings. The highest BCUT2D eigenvalue weighted by Crippen LogP contribution is 2.26. The summed E-state index contributed by atoms with van der Waals surface area (Å²) < 4.78 is 12.9. The number of hydrogen-bond acceptors (Lipinski definition) is 3. The fraction of sp³-hybridized carbons (Fsp3) is 0.167. The SMILES string of the molecule is Fc1ccc(-c2ncc3c(n2)CNC3)c(Cl)c1. The zero-order chi connectivity index (χ0) is 11.8. The van der Waals surface area contributed by atoms with Crippen LogP contribution in [-0.4, -0.2) is 9.97 Å². The van der Waals surface area contributed by atoms with E-state index in [4.69, 9.17) is 11.6 Å². The first kappa shape index (κ1) is 10.6. The summed E-state index contributed by atoms with van der Waals surface area (Å²) in [5, 5.41) is 3.52. The average molecular weight is 250 g/mol. The second-order valence-electron chi connectivity index (χ2n) is 3.89. The fourth-order valence-corrected chi connectivity index (χ4v) is 2.11. The summed E-state index contributed by atoms with van der Waals surface area (Å²) in [6.07, 6.45) is 1.79. The van der Waals surface area contributed by atoms with E-state index in [1.807, 2.05) is 0 Å². The smallest absolute Gasteiger partial charge is 0.160 e. The molecule has 2 heterocycles. The number of halogens is 2. The third-order valence-electron chi connectivity index (χ3n) is 2.73. The van der Waals surface area contributed by atoms with Crippen LogP contribution in [0.3, 0.4) is 0 Å². The Kier molecular flexibility index (Phi) is 2.53. The van der Waals surface area contributed by atoms with Crippen LogP contribution in [0.4, 0.5) is 4.39 Å². The lowest BCUT2D eigenvalue weighted by Crippen LogP contribution is -2.00. The number of fused-ring (bicyclic) bond motifs is 1. The zero-order valence-corrected chi connectivity index (χ0v) is 9.63. The predicted octanol–water partition coefficient (Wildman–Crippen LogP) is 2.54. The van der Waals surface area contributed by atoms with Crippen molar-refractivity contribution in [3.63, 3.8) is 0 Å². The minimum absolute atomic E-state index is 0.330. The Morgan fingerprint density at radius 2 is 2.18 bits per heavy atom. The van der Waals surface area contributed by atoms with E-state index in [1.54, 1.807) is 12.3 Å². The zero-order valence-electron chi connectivity index (χ0n) is 8.87. The van der Waals surface area contributed by atoms with E-state index in [0.717, 1.165) is 24.3 Å². The van der Waals surface area contributed by atoms with Gasteiger partial charge in [0.05, 0.1) is 10.7 Å². The van der Waals surface area contributed by atoms with Crippen molar-refractivity contribution in [2.24, 2.45) is 0 Å². The maximum Gasteiger partial charge on any atom is 0.160 e. The van der Waals surface area contributed by atoms with Gasteiger partial charge in [0, 0.05) is 30.4 Å². The van der Waals surface area contributed by atoms with Gasteiger partial charge in [0.1, 0.15) is 5.82 Å². The largest absolute Gasteiger partial charge is 0.307 e. The van der Waals surface area contributed by atoms with Crippen molar-refractivity contribution < 1.29 is 4.39 Å². The van der Waals surface area contributed by atoms with Crippen LogP contribution >= 0.6 is 11.6 Å². The Morgan fingerprint density at radius 3 is 3.00 bits per heavy atom. The lowest BCUT2D eigenvalue weighted by Gasteiger charge is -2.04. The first-order valence-corrected chi connectivity index (χ1v) is 5.63. The molecule has 0 radical (unpaired) electrons. The number of rotatable bonds is 1. The highest BCUT2D eigenvalue weighted by molar-refractivity contribution is 6.33. The molecule has 0 bridgehead atoms. The summed E-state index contributed by atoms with van der Waals surface area (Å²) in [6, 6.07) is 4.23. The second-order valence-corrected chi connectivity index (χ2v) is 4.30. The van der Waals surface area contributed by atoms with Gasteiger partial charge < -0.3 is 5.32 Å². The molecule has 0 atom stereocenters. The Morgan fingerprint density at radius 1 is 1.29 bits per heavy atom. The van der Waals surface area contributed by atoms with E-state index in [1.165, 1.54) is 12.1 Å². The quantitative estimate of drug-likeness (QED) is 0.844. The van der Waals surface area contributed by atoms with Crippen LogP contribution < -0.4 is 5.32 Å². The van der Waals surface area contributed by atoms with Crippen LogP contribution in [-0.2, 0) is 13.1 Å². The summed E-state index contributed by atoms with van der Waals surface area (Å²) in [4.78, 5) is 8.69. The molecule has 1 aliphatic heterocycles. The number of nitrogens with zero attached hydrogens (tertiary/aromatic N) is 2. The Balaban J connectivity index is 2.09. The van der Waals surface area contributed by atoms with Crippen LogP contribution in [0.5, 0.6) is 0 Å². The molecule has 0 aliphatic carbocycles. The van der Waals surface area contributed by atoms with Crippen LogP contribution in [0.25, 0.3) is 11.4 Å². The molecule has 3 rings (SSSR count). The van der Waals surface area contributed by atoms with Crippen molar-refractivity contribution in [1.82, 2.24) is 15.3 Å². The van der Waals surface area contributed by atoms with Crippen LogP contribution in [0.15, 0.2) is 24.4 Å². The van der Waals surface area contributed by atoms with Crippen molar-refractivity contribution in [3.05, 3.63) is 46.5 Å². The molecule has 2 aromatic rings. The van der Waals surface area contributed by atoms with Crippen molar-refractivity contribution in [1.29, 1.82) is 0 Å². The van der Waals surface area contributed by atoms with Crippen LogP contribution in [0, 0.1) is 5.82 Å². The molecule has 0 saturated carbocycles. The normalized spacial score (nSPS) is 13.8. The number of benzene rings is 1. The van der Waals surface area contributed by atoms with E-state index >= 15 is 0 Å². The standard InChI is InChI=1S/C12H9ClFN3/c13-10-3-8(14)1-2-9(10)12-16-5-7-4-15-6-11(7)17-12/h1-3,5,15H,4,6H2. The Labute approximate surface area is 103 Å². The van der Waals surface area contributed by atoms with Gasteiger partial charge in [-0.15, -0.1) is 0 Å². The van der Waals surface area contributed by atoms with Crippen molar-refractivity contribution >= 4 is 11.6 Å². The summed E-state index contributed by atoms with van der Waals surface area (Å²) in [5.41, 5.74) is 2.74. The van der Waals surface area contributed by atoms with Crippen molar-refractivity contribution in [2.45, 2.75) is 13.1 Å². The second kappa shape index (κ2) is 4.05. The van der Waals surface area contributed by atoms with Gasteiger partial charge in [0.25, 0.3) is 0 Å². The van der Waals surface area contributed by atoms with E-state index in [-0.39, 0.29) is 5.82 Å². The van der Waals surface area contributed by atoms with Gasteiger partial charge in [0.2, 0.25) is 0 Å². The lowest BCUT2D eigenvalue weighted by molar-refractivity contribution is 0.628. The molecule has 0 saturated heterocycles. The minimum atomic E-state index is -0.360. The van der Waals surface area contributed by atoms with Gasteiger partial charge in [-0.05, 0) is 18.2 Å². The monoisotopic (exact) mass is 249 g/mol. The van der Waals surface area contributed by atoms with Gasteiger partial charge >= 0.3 is 0 Å². The molecule has 17 heavy (non-hydrogen) atoms. The Bertz CT molecular complexity index is 586. The maximum absolute atomic E-state index is 12.9. The number of nitrogens with one attached hydrogen (secondary N) is 1. The molecule has 1 aliphatic rings. The summed E-state index contributed by atoms with van der Waals surface area (Å²) in [7, 11) is 0. The minimum Gasteiger partial charge on any atom is -0.307 e. The highest BCUT2D eigenvalue weighted by Gasteiger charge is 2.15. The van der Waals surface area contributed by atoms with E-state index in [9.17, 15) is 4.39 Å². The first-order valence-electron chi connectivity index (χ1n) is 5.25. The average Bonchev–Trinajstić information content (AvgIpc) is 2.75. The third kappa shape index (κ3) is 1.90. The molecule has 1 N–H and O–H groups in total. The topological polar surface area (TPSA) is 37.8 Å². The fourth-order valence-electron chi connectivity index (χ4n) is 1.86. The predicted molar refractivity (Wildman–Crippen MR) is 63.0 cm³/mol. The summed E-state index contributed by atoms with van der Waals surface area (Å²) in [6.45, 7) is 1.54. The number of hydrogen-bond donors (Lipinski definition) is 1. The molecule has 86 valence electrons. The van der Waals surface area contributed by atoms with Crippen molar-refractivity contribution in [3.8, 4) is 11.4 Å². The molecule has 1 aromatic carbocycles. The van der Waals surface area contributed by atoms with Gasteiger partial charge in [-0.3, -0.25) is 0 Å². The molecule has 5 heteroatoms. The van der Waals surface area contributed by atoms with E-state index in [0.29, 0.717) is 16.4 Å². The molecule has 0 amide bonds. The van der Waals surface area contributed by atoms with Gasteiger partial charge in [-0.1, -0.05) is 11.6 Å². The molecule has 0 spiro atoms. The van der Waals surface area contributed by atoms with Crippen molar-refractivity contribution in [2.75, 3.05) is 0 Å². The number of aromatic nitrogens is 2. The molecule has 0 unspecified atom stereocenters. The molecular weight excluding hydrogens is 241 g/mol. The summed E-state index contributed by atoms with van der Waals surface area (Å²) >= 11 is 5.98. The summed E-state index contributed by atoms with van der Waals surface area (Å²) in [5.74, 6) is 0.180. The van der Waals surface area contributed by atoms with E-state index in [2.05, 4.69) is 15.3 Å². The Hall–Kier alpha value is -1.52. The van der Waals surface area contributed by atoms with Gasteiger partial charge in [-0.25, -0.2) is 14.4 Å². The first-order chi connectivity index (χ1) is 8.24. The van der Waals surface area contributed by atoms with E-state index < -0.39 is 0 Å². The lowest BCUT2D eigenvalue weighted by atomic mass is 10.2. The molecule has 3 nitrogen and oxygen atoms in total. The molecular formula is C12H9ClFN3. The van der Waals surface area contributed by atoms with Gasteiger partial charge in [-0.2, -0.15) is 0 Å². The maximum atomic E-state index is 12.9. The third-order valence-corrected chi connectivity index (χ3v) is 3.05. The van der Waals surface area contributed by atoms with Crippen LogP contribution in [0.2, 0.25) is 5.02 Å². The highest BCUT2D eigenvalue weighted by atomic mass is 35.5. The van der Waals surface area contributed by atoms with Crippen LogP contribution in [0.1, 0.15) is 11.3 Å².